The van der Waals surface area contributed by atoms with Crippen LogP contribution in [0.25, 0.3) is 0 Å². The number of hydrogen-bond acceptors (Lipinski definition) is 4. The lowest BCUT2D eigenvalue weighted by atomic mass is 10.2. The minimum absolute atomic E-state index is 0.145. The molecule has 5 heteroatoms. The van der Waals surface area contributed by atoms with Gasteiger partial charge in [-0.1, -0.05) is 24.3 Å². The molecule has 2 rings (SSSR count). The van der Waals surface area contributed by atoms with Gasteiger partial charge < -0.3 is 10.2 Å². The molecule has 0 fully saturated rings. The van der Waals surface area contributed by atoms with Crippen LogP contribution < -0.4 is 0 Å². The van der Waals surface area contributed by atoms with Crippen LogP contribution in [0.5, 0.6) is 11.5 Å². The number of phenols is 2. The minimum atomic E-state index is 0.145. The van der Waals surface area contributed by atoms with Crippen molar-refractivity contribution in [2.45, 2.75) is 6.92 Å². The Bertz CT molecular complexity index is 706. The zero-order valence-electron chi connectivity index (χ0n) is 11.5. The van der Waals surface area contributed by atoms with Crippen molar-refractivity contribution in [3.63, 3.8) is 0 Å². The number of nitrogens with zero attached hydrogens (tertiary/aromatic N) is 3. The molecule has 0 aliphatic heterocycles. The molecular formula is C16H15N3O2. The van der Waals surface area contributed by atoms with Gasteiger partial charge in [0, 0.05) is 17.3 Å². The lowest BCUT2D eigenvalue weighted by Crippen LogP contribution is -1.89. The second-order valence-corrected chi connectivity index (χ2v) is 4.27. The molecule has 0 saturated carbocycles. The van der Waals surface area contributed by atoms with Crippen LogP contribution in [-0.4, -0.2) is 28.5 Å². The number of aliphatic imine (C=N–C) groups is 1. The van der Waals surface area contributed by atoms with Crippen molar-refractivity contribution in [1.29, 1.82) is 0 Å². The monoisotopic (exact) mass is 281 g/mol. The van der Waals surface area contributed by atoms with Gasteiger partial charge in [-0.25, -0.2) is 4.99 Å². The van der Waals surface area contributed by atoms with Crippen LogP contribution >= 0.6 is 0 Å². The largest absolute Gasteiger partial charge is 0.507 e. The Morgan fingerprint density at radius 2 is 1.38 bits per heavy atom. The molecule has 0 heterocycles. The highest BCUT2D eigenvalue weighted by atomic mass is 16.3. The maximum absolute atomic E-state index is 9.59. The fraction of sp³-hybridized carbons (Fsp3) is 0.0625. The second-order valence-electron chi connectivity index (χ2n) is 4.27. The molecule has 0 bridgehead atoms. The van der Waals surface area contributed by atoms with Crippen molar-refractivity contribution in [3.8, 4) is 11.5 Å². The van der Waals surface area contributed by atoms with Gasteiger partial charge in [0.1, 0.15) is 17.3 Å². The summed E-state index contributed by atoms with van der Waals surface area (Å²) in [6.45, 7) is 1.69. The standard InChI is InChI=1S/C16H15N3O2/c1-12(17-10-13-6-2-4-8-15(13)20)19-18-11-14-7-3-5-9-16(14)21/h2-11,20-21H,1H3. The van der Waals surface area contributed by atoms with Crippen molar-refractivity contribution >= 4 is 18.3 Å². The second kappa shape index (κ2) is 7.00. The summed E-state index contributed by atoms with van der Waals surface area (Å²) in [4.78, 5) is 4.10. The first-order valence-corrected chi connectivity index (χ1v) is 6.34. The Morgan fingerprint density at radius 1 is 0.857 bits per heavy atom. The molecule has 2 aromatic carbocycles. The predicted octanol–water partition coefficient (Wildman–Crippen LogP) is 2.97. The molecular weight excluding hydrogens is 266 g/mol. The maximum Gasteiger partial charge on any atom is 0.147 e. The first-order valence-electron chi connectivity index (χ1n) is 6.34. The molecule has 0 saturated heterocycles. The molecule has 0 aliphatic carbocycles. The third-order valence-electron chi connectivity index (χ3n) is 2.66. The molecule has 0 unspecified atom stereocenters. The van der Waals surface area contributed by atoms with Crippen molar-refractivity contribution < 1.29 is 10.2 Å². The number of aromatic hydroxyl groups is 2. The van der Waals surface area contributed by atoms with Gasteiger partial charge in [-0.05, 0) is 31.2 Å². The van der Waals surface area contributed by atoms with E-state index < -0.39 is 0 Å². The number of benzene rings is 2. The van der Waals surface area contributed by atoms with E-state index in [0.29, 0.717) is 17.0 Å². The molecule has 0 spiro atoms. The molecule has 0 radical (unpaired) electrons. The molecule has 5 nitrogen and oxygen atoms in total. The minimum Gasteiger partial charge on any atom is -0.507 e. The normalized spacial score (nSPS) is 12.3. The smallest absolute Gasteiger partial charge is 0.147 e. The summed E-state index contributed by atoms with van der Waals surface area (Å²) in [7, 11) is 0. The van der Waals surface area contributed by atoms with E-state index in [2.05, 4.69) is 15.2 Å². The molecule has 2 aromatic rings. The number of amidine groups is 1. The van der Waals surface area contributed by atoms with E-state index in [1.807, 2.05) is 6.07 Å². The van der Waals surface area contributed by atoms with E-state index in [4.69, 9.17) is 0 Å². The zero-order valence-corrected chi connectivity index (χ0v) is 11.5. The zero-order chi connectivity index (χ0) is 15.1. The van der Waals surface area contributed by atoms with Crippen LogP contribution in [0.1, 0.15) is 18.1 Å². The Balaban J connectivity index is 2.05. The van der Waals surface area contributed by atoms with Gasteiger partial charge in [0.15, 0.2) is 0 Å². The third-order valence-corrected chi connectivity index (χ3v) is 2.66. The van der Waals surface area contributed by atoms with Gasteiger partial charge in [-0.3, -0.25) is 0 Å². The van der Waals surface area contributed by atoms with Crippen molar-refractivity contribution in [2.75, 3.05) is 0 Å². The fourth-order valence-corrected chi connectivity index (χ4v) is 1.56. The van der Waals surface area contributed by atoms with E-state index >= 15 is 0 Å². The first-order chi connectivity index (χ1) is 10.2. The van der Waals surface area contributed by atoms with Crippen LogP contribution in [0.15, 0.2) is 63.7 Å². The Labute approximate surface area is 122 Å². The molecule has 2 N–H and O–H groups in total. The van der Waals surface area contributed by atoms with E-state index in [9.17, 15) is 10.2 Å². The summed E-state index contributed by atoms with van der Waals surface area (Å²) in [5, 5.41) is 26.9. The van der Waals surface area contributed by atoms with Crippen LogP contribution in [0.3, 0.4) is 0 Å². The van der Waals surface area contributed by atoms with E-state index in [1.165, 1.54) is 12.4 Å². The van der Waals surface area contributed by atoms with E-state index in [0.717, 1.165) is 0 Å². The van der Waals surface area contributed by atoms with Gasteiger partial charge in [0.2, 0.25) is 0 Å². The highest BCUT2D eigenvalue weighted by Gasteiger charge is 1.95. The van der Waals surface area contributed by atoms with Crippen molar-refractivity contribution in [2.24, 2.45) is 15.2 Å². The molecule has 0 aromatic heterocycles. The summed E-state index contributed by atoms with van der Waals surface area (Å²) >= 11 is 0. The number of phenolic OH excluding ortho intramolecular Hbond substituents is 2. The van der Waals surface area contributed by atoms with Crippen LogP contribution in [0.4, 0.5) is 0 Å². The predicted molar refractivity (Wildman–Crippen MR) is 84.5 cm³/mol. The molecule has 21 heavy (non-hydrogen) atoms. The molecule has 106 valence electrons. The van der Waals surface area contributed by atoms with Gasteiger partial charge in [0.25, 0.3) is 0 Å². The van der Waals surface area contributed by atoms with Crippen molar-refractivity contribution in [1.82, 2.24) is 0 Å². The van der Waals surface area contributed by atoms with Crippen molar-refractivity contribution in [3.05, 3.63) is 59.7 Å². The Hall–Kier alpha value is -2.95. The SMILES string of the molecule is CC(N=Cc1ccccc1O)=NN=Cc1ccccc1O. The van der Waals surface area contributed by atoms with E-state index in [1.54, 1.807) is 49.4 Å². The molecule has 0 aliphatic rings. The van der Waals surface area contributed by atoms with Crippen LogP contribution in [0.2, 0.25) is 0 Å². The molecule has 0 amide bonds. The highest BCUT2D eigenvalue weighted by Crippen LogP contribution is 2.13. The maximum atomic E-state index is 9.59. The topological polar surface area (TPSA) is 77.5 Å². The number of hydrogen-bond donors (Lipinski definition) is 2. The summed E-state index contributed by atoms with van der Waals surface area (Å²) < 4.78 is 0. The highest BCUT2D eigenvalue weighted by molar-refractivity contribution is 5.95. The van der Waals surface area contributed by atoms with Gasteiger partial charge in [-0.2, -0.15) is 5.10 Å². The first kappa shape index (κ1) is 14.5. The van der Waals surface area contributed by atoms with Gasteiger partial charge in [0.05, 0.1) is 6.21 Å². The molecule has 0 atom stereocenters. The lowest BCUT2D eigenvalue weighted by molar-refractivity contribution is 0.474. The van der Waals surface area contributed by atoms with E-state index in [-0.39, 0.29) is 11.5 Å². The number of para-hydroxylation sites is 2. The van der Waals surface area contributed by atoms with Gasteiger partial charge >= 0.3 is 0 Å². The average Bonchev–Trinajstić information content (AvgIpc) is 2.48. The summed E-state index contributed by atoms with van der Waals surface area (Å²) in [6, 6.07) is 13.7. The van der Waals surface area contributed by atoms with Crippen LogP contribution in [0, 0.1) is 0 Å². The van der Waals surface area contributed by atoms with Crippen LogP contribution in [-0.2, 0) is 0 Å². The average molecular weight is 281 g/mol. The Morgan fingerprint density at radius 3 is 1.95 bits per heavy atom. The Kier molecular flexibility index (Phi) is 4.82. The summed E-state index contributed by atoms with van der Waals surface area (Å²) in [5.74, 6) is 0.739. The summed E-state index contributed by atoms with van der Waals surface area (Å²) in [5.41, 5.74) is 1.19. The summed E-state index contributed by atoms with van der Waals surface area (Å²) in [6.07, 6.45) is 2.97. The number of rotatable bonds is 3. The lowest BCUT2D eigenvalue weighted by Gasteiger charge is -1.96. The third kappa shape index (κ3) is 4.28. The fourth-order valence-electron chi connectivity index (χ4n) is 1.56. The van der Waals surface area contributed by atoms with Gasteiger partial charge in [-0.15, -0.1) is 5.10 Å². The quantitative estimate of drug-likeness (QED) is 0.515.